The monoisotopic (exact) mass is 191 g/mol. The van der Waals surface area contributed by atoms with Gasteiger partial charge in [0.1, 0.15) is 5.75 Å². The predicted octanol–water partition coefficient (Wildman–Crippen LogP) is 3.76. The van der Waals surface area contributed by atoms with E-state index in [2.05, 4.69) is 23.9 Å². The summed E-state index contributed by atoms with van der Waals surface area (Å²) in [5.74, 6) is 1.16. The largest absolute Gasteiger partial charge is 0.496 e. The first-order chi connectivity index (χ1) is 6.69. The molecule has 0 aliphatic rings. The van der Waals surface area contributed by atoms with Crippen molar-refractivity contribution in [2.24, 2.45) is 5.11 Å². The van der Waals surface area contributed by atoms with Gasteiger partial charge in [-0.3, -0.25) is 0 Å². The Kier molecular flexibility index (Phi) is 3.37. The molecule has 0 saturated heterocycles. The van der Waals surface area contributed by atoms with Gasteiger partial charge in [0.15, 0.2) is 0 Å². The molecule has 0 fully saturated rings. The van der Waals surface area contributed by atoms with Gasteiger partial charge in [-0.15, -0.1) is 0 Å². The van der Waals surface area contributed by atoms with E-state index in [0.29, 0.717) is 11.6 Å². The Morgan fingerprint density at radius 3 is 2.64 bits per heavy atom. The minimum absolute atomic E-state index is 0.394. The number of azide groups is 1. The highest BCUT2D eigenvalue weighted by molar-refractivity contribution is 5.48. The van der Waals surface area contributed by atoms with Crippen molar-refractivity contribution >= 4 is 5.69 Å². The fourth-order valence-corrected chi connectivity index (χ4v) is 1.29. The maximum absolute atomic E-state index is 8.28. The van der Waals surface area contributed by atoms with Crippen LogP contribution in [0.4, 0.5) is 5.69 Å². The summed E-state index contributed by atoms with van der Waals surface area (Å²) in [6.45, 7) is 4.18. The summed E-state index contributed by atoms with van der Waals surface area (Å²) < 4.78 is 5.21. The first-order valence-corrected chi connectivity index (χ1v) is 4.42. The molecule has 74 valence electrons. The van der Waals surface area contributed by atoms with Crippen molar-refractivity contribution in [1.82, 2.24) is 0 Å². The van der Waals surface area contributed by atoms with E-state index in [4.69, 9.17) is 10.3 Å². The maximum atomic E-state index is 8.28. The molecule has 0 aliphatic heterocycles. The van der Waals surface area contributed by atoms with Gasteiger partial charge in [-0.2, -0.15) is 0 Å². The van der Waals surface area contributed by atoms with Gasteiger partial charge in [-0.25, -0.2) is 0 Å². The van der Waals surface area contributed by atoms with E-state index in [1.807, 2.05) is 6.07 Å². The predicted molar refractivity (Wildman–Crippen MR) is 55.9 cm³/mol. The molecule has 0 atom stereocenters. The molecule has 0 amide bonds. The van der Waals surface area contributed by atoms with Crippen LogP contribution in [-0.2, 0) is 0 Å². The molecule has 0 saturated carbocycles. The van der Waals surface area contributed by atoms with Crippen LogP contribution < -0.4 is 4.74 Å². The molecule has 0 heterocycles. The molecular weight excluding hydrogens is 178 g/mol. The summed E-state index contributed by atoms with van der Waals surface area (Å²) in [6, 6.07) is 5.46. The van der Waals surface area contributed by atoms with Crippen LogP contribution in [0, 0.1) is 0 Å². The van der Waals surface area contributed by atoms with Crippen molar-refractivity contribution < 1.29 is 4.74 Å². The Balaban J connectivity index is 3.17. The lowest BCUT2D eigenvalue weighted by molar-refractivity contribution is 0.408. The summed E-state index contributed by atoms with van der Waals surface area (Å²) in [4.78, 5) is 2.73. The highest BCUT2D eigenvalue weighted by Gasteiger charge is 2.06. The van der Waals surface area contributed by atoms with Gasteiger partial charge in [0, 0.05) is 10.6 Å². The molecule has 0 aliphatic carbocycles. The maximum Gasteiger partial charge on any atom is 0.122 e. The zero-order valence-corrected chi connectivity index (χ0v) is 8.56. The van der Waals surface area contributed by atoms with Crippen molar-refractivity contribution in [3.63, 3.8) is 0 Å². The van der Waals surface area contributed by atoms with Gasteiger partial charge in [0.2, 0.25) is 0 Å². The average Bonchev–Trinajstić information content (AvgIpc) is 2.17. The molecule has 4 nitrogen and oxygen atoms in total. The fourth-order valence-electron chi connectivity index (χ4n) is 1.29. The van der Waals surface area contributed by atoms with Crippen molar-refractivity contribution in [2.45, 2.75) is 19.8 Å². The molecule has 4 heteroatoms. The lowest BCUT2D eigenvalue weighted by atomic mass is 10.0. The third-order valence-corrected chi connectivity index (χ3v) is 2.00. The molecule has 0 radical (unpaired) electrons. The summed E-state index contributed by atoms with van der Waals surface area (Å²) in [5.41, 5.74) is 9.97. The van der Waals surface area contributed by atoms with Crippen LogP contribution in [0.1, 0.15) is 25.3 Å². The topological polar surface area (TPSA) is 58.0 Å². The Bertz CT molecular complexity index is 368. The van der Waals surface area contributed by atoms with Gasteiger partial charge in [0.25, 0.3) is 0 Å². The molecule has 0 aromatic heterocycles. The summed E-state index contributed by atoms with van der Waals surface area (Å²) >= 11 is 0. The van der Waals surface area contributed by atoms with Crippen LogP contribution in [-0.4, -0.2) is 7.11 Å². The van der Waals surface area contributed by atoms with Gasteiger partial charge in [-0.05, 0) is 23.1 Å². The second kappa shape index (κ2) is 4.53. The fraction of sp³-hybridized carbons (Fsp3) is 0.400. The van der Waals surface area contributed by atoms with E-state index in [9.17, 15) is 0 Å². The number of hydrogen-bond acceptors (Lipinski definition) is 2. The van der Waals surface area contributed by atoms with Gasteiger partial charge < -0.3 is 4.74 Å². The minimum atomic E-state index is 0.394. The van der Waals surface area contributed by atoms with E-state index < -0.39 is 0 Å². The average molecular weight is 191 g/mol. The standard InChI is InChI=1S/C10H13N3O/c1-7(2)9-5-4-8(12-13-11)6-10(9)14-3/h4-7H,1-3H3. The van der Waals surface area contributed by atoms with Crippen LogP contribution >= 0.6 is 0 Å². The molecule has 1 aromatic carbocycles. The molecule has 14 heavy (non-hydrogen) atoms. The summed E-state index contributed by atoms with van der Waals surface area (Å²) in [6.07, 6.45) is 0. The first-order valence-electron chi connectivity index (χ1n) is 4.42. The quantitative estimate of drug-likeness (QED) is 0.407. The molecule has 0 spiro atoms. The Hall–Kier alpha value is -1.67. The van der Waals surface area contributed by atoms with E-state index in [1.54, 1.807) is 19.2 Å². The lowest BCUT2D eigenvalue weighted by Crippen LogP contribution is -1.93. The third kappa shape index (κ3) is 2.18. The van der Waals surface area contributed by atoms with E-state index in [0.717, 1.165) is 11.3 Å². The summed E-state index contributed by atoms with van der Waals surface area (Å²) in [7, 11) is 1.61. The van der Waals surface area contributed by atoms with Gasteiger partial charge in [0.05, 0.1) is 7.11 Å². The Morgan fingerprint density at radius 1 is 1.43 bits per heavy atom. The van der Waals surface area contributed by atoms with Crippen LogP contribution in [0.25, 0.3) is 10.4 Å². The number of ether oxygens (including phenoxy) is 1. The number of hydrogen-bond donors (Lipinski definition) is 0. The van der Waals surface area contributed by atoms with Crippen molar-refractivity contribution in [1.29, 1.82) is 0 Å². The second-order valence-electron chi connectivity index (χ2n) is 3.27. The van der Waals surface area contributed by atoms with Crippen LogP contribution in [0.5, 0.6) is 5.75 Å². The highest BCUT2D eigenvalue weighted by Crippen LogP contribution is 2.30. The third-order valence-electron chi connectivity index (χ3n) is 2.00. The van der Waals surface area contributed by atoms with Crippen molar-refractivity contribution in [3.05, 3.63) is 34.2 Å². The van der Waals surface area contributed by atoms with Crippen LogP contribution in [0.15, 0.2) is 23.3 Å². The first kappa shape index (κ1) is 10.4. The highest BCUT2D eigenvalue weighted by atomic mass is 16.5. The Morgan fingerprint density at radius 2 is 2.14 bits per heavy atom. The SMILES string of the molecule is COc1cc(N=[N+]=[N-])ccc1C(C)C. The lowest BCUT2D eigenvalue weighted by Gasteiger charge is -2.11. The van der Waals surface area contributed by atoms with E-state index in [1.165, 1.54) is 0 Å². The number of nitrogens with zero attached hydrogens (tertiary/aromatic N) is 3. The summed E-state index contributed by atoms with van der Waals surface area (Å²) in [5, 5.41) is 3.52. The minimum Gasteiger partial charge on any atom is -0.496 e. The van der Waals surface area contributed by atoms with Gasteiger partial charge in [-0.1, -0.05) is 31.1 Å². The smallest absolute Gasteiger partial charge is 0.122 e. The zero-order valence-electron chi connectivity index (χ0n) is 8.56. The van der Waals surface area contributed by atoms with Crippen LogP contribution in [0.2, 0.25) is 0 Å². The Labute approximate surface area is 83.1 Å². The molecule has 0 N–H and O–H groups in total. The number of benzene rings is 1. The van der Waals surface area contributed by atoms with E-state index in [-0.39, 0.29) is 0 Å². The molecular formula is C10H13N3O. The zero-order chi connectivity index (χ0) is 10.6. The van der Waals surface area contributed by atoms with Crippen LogP contribution in [0.3, 0.4) is 0 Å². The molecule has 0 bridgehead atoms. The number of methoxy groups -OCH3 is 1. The molecule has 1 rings (SSSR count). The van der Waals surface area contributed by atoms with Crippen molar-refractivity contribution in [3.8, 4) is 5.75 Å². The second-order valence-corrected chi connectivity index (χ2v) is 3.27. The number of rotatable bonds is 3. The van der Waals surface area contributed by atoms with Crippen molar-refractivity contribution in [2.75, 3.05) is 7.11 Å². The molecule has 1 aromatic rings. The molecule has 0 unspecified atom stereocenters. The van der Waals surface area contributed by atoms with Gasteiger partial charge >= 0.3 is 0 Å². The normalized spacial score (nSPS) is 9.71. The van der Waals surface area contributed by atoms with E-state index >= 15 is 0 Å².